The zero-order chi connectivity index (χ0) is 20.3. The Morgan fingerprint density at radius 3 is 2.43 bits per heavy atom. The van der Waals surface area contributed by atoms with Crippen LogP contribution in [0.25, 0.3) is 0 Å². The lowest BCUT2D eigenvalue weighted by atomic mass is 9.53. The lowest BCUT2D eigenvalue weighted by Crippen LogP contribution is -2.45. The number of amides is 1. The summed E-state index contributed by atoms with van der Waals surface area (Å²) < 4.78 is 0. The second-order valence-electron chi connectivity index (χ2n) is 9.66. The van der Waals surface area contributed by atoms with E-state index in [1.807, 2.05) is 6.07 Å². The van der Waals surface area contributed by atoms with Crippen molar-refractivity contribution >= 4 is 5.91 Å². The summed E-state index contributed by atoms with van der Waals surface area (Å²) >= 11 is 0. The molecule has 0 saturated heterocycles. The van der Waals surface area contributed by atoms with E-state index in [0.717, 1.165) is 24.2 Å². The average Bonchev–Trinajstić information content (AvgIpc) is 3.54. The highest BCUT2D eigenvalue weighted by Gasteiger charge is 2.47. The fourth-order valence-electron chi connectivity index (χ4n) is 5.94. The van der Waals surface area contributed by atoms with Gasteiger partial charge in [0.25, 0.3) is 0 Å². The Balaban J connectivity index is 0.000000320. The van der Waals surface area contributed by atoms with Gasteiger partial charge in [0.2, 0.25) is 5.91 Å². The van der Waals surface area contributed by atoms with E-state index in [2.05, 4.69) is 32.9 Å². The molecule has 28 heavy (non-hydrogen) atoms. The van der Waals surface area contributed by atoms with Gasteiger partial charge in [0.15, 0.2) is 0 Å². The van der Waals surface area contributed by atoms with E-state index in [-0.39, 0.29) is 5.91 Å². The SMILES string of the molecule is CCc1ccc(C(N)=O)cc1[C@@]12CCCCC1[C@@H](C)CCC2.C[C@@H](N)C1CC1. The highest BCUT2D eigenvalue weighted by molar-refractivity contribution is 5.93. The number of carbonyl (C=O) groups is 1. The van der Waals surface area contributed by atoms with E-state index in [1.54, 1.807) is 0 Å². The van der Waals surface area contributed by atoms with Gasteiger partial charge in [0.05, 0.1) is 0 Å². The van der Waals surface area contributed by atoms with Crippen molar-refractivity contribution in [3.63, 3.8) is 0 Å². The van der Waals surface area contributed by atoms with Crippen LogP contribution >= 0.6 is 0 Å². The maximum Gasteiger partial charge on any atom is 0.248 e. The molecule has 156 valence electrons. The van der Waals surface area contributed by atoms with Gasteiger partial charge in [0, 0.05) is 11.6 Å². The number of rotatable bonds is 4. The Morgan fingerprint density at radius 2 is 1.86 bits per heavy atom. The summed E-state index contributed by atoms with van der Waals surface area (Å²) in [4.78, 5) is 11.7. The van der Waals surface area contributed by atoms with Gasteiger partial charge < -0.3 is 11.5 Å². The van der Waals surface area contributed by atoms with Crippen LogP contribution in [0.2, 0.25) is 0 Å². The van der Waals surface area contributed by atoms with Crippen LogP contribution in [-0.2, 0) is 11.8 Å². The summed E-state index contributed by atoms with van der Waals surface area (Å²) in [5.74, 6) is 2.17. The van der Waals surface area contributed by atoms with Crippen molar-refractivity contribution in [2.24, 2.45) is 29.2 Å². The second-order valence-corrected chi connectivity index (χ2v) is 9.66. The van der Waals surface area contributed by atoms with E-state index in [9.17, 15) is 4.79 Å². The lowest BCUT2D eigenvalue weighted by molar-refractivity contribution is 0.0744. The molecule has 0 aromatic heterocycles. The summed E-state index contributed by atoms with van der Waals surface area (Å²) in [7, 11) is 0. The van der Waals surface area contributed by atoms with Gasteiger partial charge in [-0.1, -0.05) is 45.6 Å². The van der Waals surface area contributed by atoms with Crippen molar-refractivity contribution in [1.29, 1.82) is 0 Å². The minimum Gasteiger partial charge on any atom is -0.366 e. The van der Waals surface area contributed by atoms with Crippen LogP contribution in [0.4, 0.5) is 0 Å². The molecule has 4 N–H and O–H groups in total. The van der Waals surface area contributed by atoms with Crippen molar-refractivity contribution in [2.45, 2.75) is 96.4 Å². The van der Waals surface area contributed by atoms with E-state index < -0.39 is 0 Å². The molecule has 3 saturated carbocycles. The van der Waals surface area contributed by atoms with Crippen LogP contribution in [0.5, 0.6) is 0 Å². The zero-order valence-electron chi connectivity index (χ0n) is 18.2. The summed E-state index contributed by atoms with van der Waals surface area (Å²) in [5, 5.41) is 0. The molecule has 0 radical (unpaired) electrons. The fourth-order valence-corrected chi connectivity index (χ4v) is 5.94. The molecule has 3 aliphatic rings. The number of hydrogen-bond acceptors (Lipinski definition) is 2. The third kappa shape index (κ3) is 4.45. The Kier molecular flexibility index (Phi) is 6.85. The molecule has 1 amide bonds. The molecule has 1 unspecified atom stereocenters. The predicted octanol–water partition coefficient (Wildman–Crippen LogP) is 5.34. The highest BCUT2D eigenvalue weighted by atomic mass is 16.1. The zero-order valence-corrected chi connectivity index (χ0v) is 18.2. The van der Waals surface area contributed by atoms with E-state index in [1.165, 1.54) is 68.9 Å². The van der Waals surface area contributed by atoms with Gasteiger partial charge in [0.1, 0.15) is 0 Å². The van der Waals surface area contributed by atoms with Crippen molar-refractivity contribution < 1.29 is 4.79 Å². The quantitative estimate of drug-likeness (QED) is 0.735. The first kappa shape index (κ1) is 21.4. The summed E-state index contributed by atoms with van der Waals surface area (Å²) in [5.41, 5.74) is 14.9. The van der Waals surface area contributed by atoms with Gasteiger partial charge in [-0.25, -0.2) is 0 Å². The van der Waals surface area contributed by atoms with Crippen molar-refractivity contribution in [1.82, 2.24) is 0 Å². The van der Waals surface area contributed by atoms with E-state index in [4.69, 9.17) is 11.5 Å². The standard InChI is InChI=1S/C20H29NO.C5H11N/c1-3-15-9-10-16(19(21)22)13-18(15)20-11-5-4-8-17(20)14(2)7-6-12-20;1-4(6)5-2-3-5/h9-10,13-14,17H,3-8,11-12H2,1-2H3,(H2,21,22);4-5H,2-3,6H2,1H3/t14-,17?,20+;4-/m01/s1. The molecular formula is C25H40N2O. The monoisotopic (exact) mass is 384 g/mol. The Bertz CT molecular complexity index is 675. The molecule has 1 aromatic carbocycles. The molecule has 0 spiro atoms. The summed E-state index contributed by atoms with van der Waals surface area (Å²) in [6, 6.07) is 6.66. The maximum absolute atomic E-state index is 11.7. The Morgan fingerprint density at radius 1 is 1.14 bits per heavy atom. The first-order valence-corrected chi connectivity index (χ1v) is 11.6. The number of fused-ring (bicyclic) bond motifs is 1. The van der Waals surface area contributed by atoms with Gasteiger partial charge in [-0.15, -0.1) is 0 Å². The summed E-state index contributed by atoms with van der Waals surface area (Å²) in [6.45, 7) is 6.74. The first-order chi connectivity index (χ1) is 13.4. The van der Waals surface area contributed by atoms with Crippen molar-refractivity contribution in [3.8, 4) is 0 Å². The Hall–Kier alpha value is -1.35. The van der Waals surface area contributed by atoms with Gasteiger partial charge in [-0.2, -0.15) is 0 Å². The molecule has 3 heteroatoms. The number of nitrogens with two attached hydrogens (primary N) is 2. The molecule has 3 fully saturated rings. The second kappa shape index (κ2) is 8.98. The molecule has 1 aromatic rings. The van der Waals surface area contributed by atoms with Crippen LogP contribution in [0, 0.1) is 17.8 Å². The minimum atomic E-state index is -0.295. The number of hydrogen-bond donors (Lipinski definition) is 2. The van der Waals surface area contributed by atoms with Gasteiger partial charge >= 0.3 is 0 Å². The number of benzene rings is 1. The lowest BCUT2D eigenvalue weighted by Gasteiger charge is -2.52. The highest BCUT2D eigenvalue weighted by Crippen LogP contribution is 2.55. The van der Waals surface area contributed by atoms with Gasteiger partial charge in [-0.3, -0.25) is 4.79 Å². The van der Waals surface area contributed by atoms with Crippen LogP contribution in [0.15, 0.2) is 18.2 Å². The van der Waals surface area contributed by atoms with Crippen molar-refractivity contribution in [3.05, 3.63) is 34.9 Å². The molecule has 3 aliphatic carbocycles. The smallest absolute Gasteiger partial charge is 0.248 e. The van der Waals surface area contributed by atoms with E-state index in [0.29, 0.717) is 17.0 Å². The fraction of sp³-hybridized carbons (Fsp3) is 0.720. The summed E-state index contributed by atoms with van der Waals surface area (Å²) in [6.07, 6.45) is 13.1. The van der Waals surface area contributed by atoms with Crippen LogP contribution < -0.4 is 11.5 Å². The van der Waals surface area contributed by atoms with Gasteiger partial charge in [-0.05, 0) is 91.9 Å². The number of primary amides is 1. The Labute approximate surface area is 171 Å². The number of carbonyl (C=O) groups excluding carboxylic acids is 1. The van der Waals surface area contributed by atoms with Crippen LogP contribution in [0.1, 0.15) is 100 Å². The van der Waals surface area contributed by atoms with Crippen LogP contribution in [-0.4, -0.2) is 11.9 Å². The normalized spacial score (nSPS) is 30.6. The first-order valence-electron chi connectivity index (χ1n) is 11.6. The molecule has 0 heterocycles. The van der Waals surface area contributed by atoms with Crippen molar-refractivity contribution in [2.75, 3.05) is 0 Å². The molecule has 0 bridgehead atoms. The topological polar surface area (TPSA) is 69.1 Å². The number of aryl methyl sites for hydroxylation is 1. The molecule has 4 atom stereocenters. The van der Waals surface area contributed by atoms with E-state index >= 15 is 0 Å². The minimum absolute atomic E-state index is 0.295. The third-order valence-corrected chi connectivity index (χ3v) is 7.74. The molecule has 3 nitrogen and oxygen atoms in total. The van der Waals surface area contributed by atoms with Crippen LogP contribution in [0.3, 0.4) is 0 Å². The largest absolute Gasteiger partial charge is 0.366 e. The molecule has 4 rings (SSSR count). The maximum atomic E-state index is 11.7. The predicted molar refractivity (Wildman–Crippen MR) is 117 cm³/mol. The molecular weight excluding hydrogens is 344 g/mol. The third-order valence-electron chi connectivity index (χ3n) is 7.74. The average molecular weight is 385 g/mol. The molecule has 0 aliphatic heterocycles.